The molecule has 1 aromatic carbocycles. The van der Waals surface area contributed by atoms with Crippen LogP contribution < -0.4 is 5.32 Å². The van der Waals surface area contributed by atoms with E-state index in [1.165, 1.54) is 36.4 Å². The summed E-state index contributed by atoms with van der Waals surface area (Å²) in [6, 6.07) is 9.35. The average molecular weight is 315 g/mol. The van der Waals surface area contributed by atoms with Crippen molar-refractivity contribution >= 4 is 11.5 Å². The number of anilines is 1. The van der Waals surface area contributed by atoms with Crippen molar-refractivity contribution in [3.8, 4) is 6.07 Å². The molecule has 0 saturated carbocycles. The fourth-order valence-corrected chi connectivity index (χ4v) is 1.91. The number of nitriles is 1. The Balaban J connectivity index is 2.12. The molecule has 9 heteroatoms. The quantitative estimate of drug-likeness (QED) is 0.523. The molecule has 0 fully saturated rings. The number of nitrogens with one attached hydrogen (secondary N) is 1. The van der Waals surface area contributed by atoms with Crippen molar-refractivity contribution in [3.63, 3.8) is 0 Å². The molecule has 23 heavy (non-hydrogen) atoms. The number of nitrogens with zero attached hydrogens (tertiary/aromatic N) is 4. The second-order valence-electron chi connectivity index (χ2n) is 4.64. The molecular formula is C14H13N5O4. The van der Waals surface area contributed by atoms with Gasteiger partial charge in [0, 0.05) is 12.1 Å². The predicted molar refractivity (Wildman–Crippen MR) is 79.3 cm³/mol. The summed E-state index contributed by atoms with van der Waals surface area (Å²) in [6.45, 7) is -0.403. The summed E-state index contributed by atoms with van der Waals surface area (Å²) < 4.78 is 0. The van der Waals surface area contributed by atoms with Crippen LogP contribution in [0.1, 0.15) is 17.4 Å². The number of benzene rings is 1. The molecule has 0 amide bonds. The lowest BCUT2D eigenvalue weighted by molar-refractivity contribution is -0.384. The standard InChI is InChI=1S/C14H13N5O4/c15-7-10-3-6-13(18-17-10)16-12(8-20)14(21)9-1-4-11(5-2-9)19(22)23/h1-6,12,14,20-21H,8H2,(H,16,18). The van der Waals surface area contributed by atoms with E-state index in [0.717, 1.165) is 0 Å². The molecule has 0 spiro atoms. The van der Waals surface area contributed by atoms with Gasteiger partial charge in [-0.2, -0.15) is 5.26 Å². The first-order chi connectivity index (χ1) is 11.0. The number of nitro benzene ring substituents is 1. The van der Waals surface area contributed by atoms with Crippen LogP contribution >= 0.6 is 0 Å². The third kappa shape index (κ3) is 3.97. The predicted octanol–water partition coefficient (Wildman–Crippen LogP) is 0.763. The Morgan fingerprint density at radius 3 is 2.43 bits per heavy atom. The van der Waals surface area contributed by atoms with Crippen LogP contribution in [0.25, 0.3) is 0 Å². The van der Waals surface area contributed by atoms with E-state index < -0.39 is 23.7 Å². The molecule has 2 rings (SSSR count). The van der Waals surface area contributed by atoms with E-state index in [2.05, 4.69) is 15.5 Å². The molecule has 1 aromatic heterocycles. The molecule has 3 N–H and O–H groups in total. The van der Waals surface area contributed by atoms with Crippen LogP contribution in [0.5, 0.6) is 0 Å². The van der Waals surface area contributed by atoms with Crippen molar-refractivity contribution in [2.45, 2.75) is 12.1 Å². The van der Waals surface area contributed by atoms with Crippen molar-refractivity contribution in [2.75, 3.05) is 11.9 Å². The largest absolute Gasteiger partial charge is 0.394 e. The van der Waals surface area contributed by atoms with Crippen LogP contribution in [0.15, 0.2) is 36.4 Å². The second kappa shape index (κ2) is 7.26. The highest BCUT2D eigenvalue weighted by Gasteiger charge is 2.21. The molecule has 2 unspecified atom stereocenters. The van der Waals surface area contributed by atoms with E-state index in [1.54, 1.807) is 0 Å². The van der Waals surface area contributed by atoms with E-state index in [9.17, 15) is 20.3 Å². The van der Waals surface area contributed by atoms with Gasteiger partial charge in [0.25, 0.3) is 5.69 Å². The zero-order valence-electron chi connectivity index (χ0n) is 11.8. The molecule has 0 aliphatic carbocycles. The minimum atomic E-state index is -1.11. The Morgan fingerprint density at radius 1 is 1.26 bits per heavy atom. The molecule has 1 heterocycles. The SMILES string of the molecule is N#Cc1ccc(NC(CO)C(O)c2ccc([N+](=O)[O-])cc2)nn1. The van der Waals surface area contributed by atoms with Crippen molar-refractivity contribution in [3.05, 3.63) is 57.8 Å². The monoisotopic (exact) mass is 315 g/mol. The topological polar surface area (TPSA) is 145 Å². The van der Waals surface area contributed by atoms with E-state index in [-0.39, 0.29) is 17.2 Å². The molecule has 0 aliphatic heterocycles. The zero-order chi connectivity index (χ0) is 16.8. The minimum absolute atomic E-state index is 0.0904. The Kier molecular flexibility index (Phi) is 5.14. The van der Waals surface area contributed by atoms with Crippen LogP contribution in [0, 0.1) is 21.4 Å². The van der Waals surface area contributed by atoms with Gasteiger partial charge in [0.05, 0.1) is 17.6 Å². The van der Waals surface area contributed by atoms with Gasteiger partial charge in [0.2, 0.25) is 0 Å². The number of non-ortho nitro benzene ring substituents is 1. The van der Waals surface area contributed by atoms with E-state index in [1.807, 2.05) is 6.07 Å². The molecule has 9 nitrogen and oxygen atoms in total. The summed E-state index contributed by atoms with van der Waals surface area (Å²) >= 11 is 0. The smallest absolute Gasteiger partial charge is 0.269 e. The van der Waals surface area contributed by atoms with Crippen LogP contribution in [0.4, 0.5) is 11.5 Å². The molecule has 2 aromatic rings. The maximum absolute atomic E-state index is 10.6. The fourth-order valence-electron chi connectivity index (χ4n) is 1.91. The summed E-state index contributed by atoms with van der Waals surface area (Å²) in [5.74, 6) is 0.281. The highest BCUT2D eigenvalue weighted by atomic mass is 16.6. The van der Waals surface area contributed by atoms with Gasteiger partial charge in [0.15, 0.2) is 5.69 Å². The lowest BCUT2D eigenvalue weighted by Crippen LogP contribution is -2.31. The van der Waals surface area contributed by atoms with Crippen LogP contribution in [0.3, 0.4) is 0 Å². The lowest BCUT2D eigenvalue weighted by Gasteiger charge is -2.22. The molecule has 118 valence electrons. The first-order valence-corrected chi connectivity index (χ1v) is 6.58. The zero-order valence-corrected chi connectivity index (χ0v) is 11.8. The summed E-state index contributed by atoms with van der Waals surface area (Å²) in [4.78, 5) is 10.1. The van der Waals surface area contributed by atoms with Gasteiger partial charge in [-0.25, -0.2) is 0 Å². The normalized spacial score (nSPS) is 12.9. The number of nitro groups is 1. The summed E-state index contributed by atoms with van der Waals surface area (Å²) in [5, 5.41) is 49.2. The van der Waals surface area contributed by atoms with E-state index in [4.69, 9.17) is 5.26 Å². The van der Waals surface area contributed by atoms with Gasteiger partial charge in [-0.15, -0.1) is 10.2 Å². The number of aliphatic hydroxyl groups is 2. The van der Waals surface area contributed by atoms with Gasteiger partial charge in [-0.05, 0) is 29.8 Å². The van der Waals surface area contributed by atoms with Crippen LogP contribution in [0.2, 0.25) is 0 Å². The molecule has 0 radical (unpaired) electrons. The molecule has 0 aliphatic rings. The Hall–Kier alpha value is -3.09. The first kappa shape index (κ1) is 16.3. The third-order valence-electron chi connectivity index (χ3n) is 3.14. The lowest BCUT2D eigenvalue weighted by atomic mass is 10.0. The average Bonchev–Trinajstić information content (AvgIpc) is 2.59. The fraction of sp³-hybridized carbons (Fsp3) is 0.214. The Bertz CT molecular complexity index is 711. The van der Waals surface area contributed by atoms with Crippen LogP contribution in [-0.4, -0.2) is 38.0 Å². The molecule has 2 atom stereocenters. The number of aliphatic hydroxyl groups excluding tert-OH is 2. The highest BCUT2D eigenvalue weighted by molar-refractivity contribution is 5.39. The van der Waals surface area contributed by atoms with Crippen molar-refractivity contribution < 1.29 is 15.1 Å². The second-order valence-corrected chi connectivity index (χ2v) is 4.64. The van der Waals surface area contributed by atoms with Gasteiger partial charge in [-0.3, -0.25) is 10.1 Å². The summed E-state index contributed by atoms with van der Waals surface area (Å²) in [7, 11) is 0. The number of aromatic nitrogens is 2. The Morgan fingerprint density at radius 2 is 1.96 bits per heavy atom. The molecule has 0 bridgehead atoms. The molecular weight excluding hydrogens is 302 g/mol. The molecule has 0 saturated heterocycles. The van der Waals surface area contributed by atoms with Gasteiger partial charge < -0.3 is 15.5 Å². The number of hydrogen-bond acceptors (Lipinski definition) is 8. The number of hydrogen-bond donors (Lipinski definition) is 3. The number of rotatable bonds is 6. The van der Waals surface area contributed by atoms with Gasteiger partial charge >= 0.3 is 0 Å². The summed E-state index contributed by atoms with van der Waals surface area (Å²) in [6.07, 6.45) is -1.11. The highest BCUT2D eigenvalue weighted by Crippen LogP contribution is 2.22. The van der Waals surface area contributed by atoms with Crippen molar-refractivity contribution in [2.24, 2.45) is 0 Å². The maximum Gasteiger partial charge on any atom is 0.269 e. The van der Waals surface area contributed by atoms with E-state index >= 15 is 0 Å². The van der Waals surface area contributed by atoms with Crippen LogP contribution in [-0.2, 0) is 0 Å². The summed E-state index contributed by atoms with van der Waals surface area (Å²) in [5.41, 5.74) is 0.461. The van der Waals surface area contributed by atoms with Gasteiger partial charge in [-0.1, -0.05) is 0 Å². The minimum Gasteiger partial charge on any atom is -0.394 e. The Labute approximate surface area is 131 Å². The first-order valence-electron chi connectivity index (χ1n) is 6.58. The third-order valence-corrected chi connectivity index (χ3v) is 3.14. The van der Waals surface area contributed by atoms with Gasteiger partial charge in [0.1, 0.15) is 18.0 Å². The van der Waals surface area contributed by atoms with E-state index in [0.29, 0.717) is 5.56 Å². The van der Waals surface area contributed by atoms with Crippen molar-refractivity contribution in [1.82, 2.24) is 10.2 Å². The van der Waals surface area contributed by atoms with Crippen molar-refractivity contribution in [1.29, 1.82) is 5.26 Å². The maximum atomic E-state index is 10.6.